The molecule has 0 aromatic heterocycles. The number of piperidine rings is 1. The number of hydrogen-bond donors (Lipinski definition) is 1. The molecule has 3 aliphatic rings. The second-order valence-electron chi connectivity index (χ2n) is 11.6. The molecular weight excluding hydrogens is 494 g/mol. The van der Waals surface area contributed by atoms with E-state index in [-0.39, 0.29) is 31.8 Å². The average Bonchev–Trinajstić information content (AvgIpc) is 3.34. The lowest BCUT2D eigenvalue weighted by atomic mass is 9.85. The topological polar surface area (TPSA) is 128 Å². The van der Waals surface area contributed by atoms with Crippen molar-refractivity contribution < 1.29 is 27.9 Å². The van der Waals surface area contributed by atoms with Crippen LogP contribution >= 0.6 is 0 Å². The van der Waals surface area contributed by atoms with Crippen molar-refractivity contribution in [2.45, 2.75) is 64.9 Å². The lowest BCUT2D eigenvalue weighted by Gasteiger charge is -2.35. The summed E-state index contributed by atoms with van der Waals surface area (Å²) in [5, 5.41) is 19.2. The SMILES string of the molecule is Cc1cc(C#N)ccc1C1CCN(S(=O)(=O)CC2(C(=O)O)CC3=C(CN(C(=O)OC(C)(C)C)C3)C2)CC1. The Morgan fingerprint density at radius 1 is 1.16 bits per heavy atom. The van der Waals surface area contributed by atoms with Crippen LogP contribution in [0.2, 0.25) is 0 Å². The Bertz CT molecular complexity index is 1260. The van der Waals surface area contributed by atoms with Gasteiger partial charge in [-0.25, -0.2) is 17.5 Å². The number of carboxylic acids is 1. The molecular formula is C27H35N3O6S. The molecule has 0 bridgehead atoms. The molecule has 1 aromatic carbocycles. The van der Waals surface area contributed by atoms with Crippen molar-refractivity contribution in [3.05, 3.63) is 46.0 Å². The van der Waals surface area contributed by atoms with Crippen molar-refractivity contribution in [2.24, 2.45) is 5.41 Å². The van der Waals surface area contributed by atoms with Gasteiger partial charge in [0, 0.05) is 26.2 Å². The summed E-state index contributed by atoms with van der Waals surface area (Å²) in [6, 6.07) is 7.73. The highest BCUT2D eigenvalue weighted by atomic mass is 32.2. The highest BCUT2D eigenvalue weighted by molar-refractivity contribution is 7.89. The smallest absolute Gasteiger partial charge is 0.410 e. The van der Waals surface area contributed by atoms with Crippen LogP contribution in [0.4, 0.5) is 4.79 Å². The van der Waals surface area contributed by atoms with Gasteiger partial charge >= 0.3 is 12.1 Å². The van der Waals surface area contributed by atoms with Crippen LogP contribution in [-0.4, -0.2) is 72.3 Å². The Morgan fingerprint density at radius 2 is 1.76 bits per heavy atom. The summed E-state index contributed by atoms with van der Waals surface area (Å²) in [6.07, 6.45) is 1.08. The minimum absolute atomic E-state index is 0.122. The largest absolute Gasteiger partial charge is 0.481 e. The van der Waals surface area contributed by atoms with E-state index in [9.17, 15) is 23.1 Å². The van der Waals surface area contributed by atoms with Gasteiger partial charge in [0.25, 0.3) is 0 Å². The fourth-order valence-corrected chi connectivity index (χ4v) is 7.82. The first-order valence-corrected chi connectivity index (χ1v) is 14.2. The number of amides is 1. The molecule has 0 unspecified atom stereocenters. The molecule has 2 aliphatic heterocycles. The number of aliphatic carboxylic acids is 1. The van der Waals surface area contributed by atoms with E-state index < -0.39 is 38.9 Å². The molecule has 1 aromatic rings. The van der Waals surface area contributed by atoms with Gasteiger partial charge in [0.1, 0.15) is 5.60 Å². The highest BCUT2D eigenvalue weighted by Gasteiger charge is 2.51. The number of hydrogen-bond acceptors (Lipinski definition) is 6. The van der Waals surface area contributed by atoms with E-state index in [1.54, 1.807) is 31.7 Å². The number of sulfonamides is 1. The summed E-state index contributed by atoms with van der Waals surface area (Å²) in [5.41, 5.74) is 2.38. The lowest BCUT2D eigenvalue weighted by Crippen LogP contribution is -2.46. The quantitative estimate of drug-likeness (QED) is 0.575. The van der Waals surface area contributed by atoms with E-state index >= 15 is 0 Å². The van der Waals surface area contributed by atoms with Gasteiger partial charge in [-0.15, -0.1) is 0 Å². The summed E-state index contributed by atoms with van der Waals surface area (Å²) >= 11 is 0. The van der Waals surface area contributed by atoms with E-state index in [4.69, 9.17) is 10.00 Å². The molecule has 9 nitrogen and oxygen atoms in total. The second-order valence-corrected chi connectivity index (χ2v) is 13.6. The monoisotopic (exact) mass is 529 g/mol. The van der Waals surface area contributed by atoms with E-state index in [1.165, 1.54) is 4.31 Å². The van der Waals surface area contributed by atoms with Gasteiger partial charge in [0.05, 0.1) is 22.8 Å². The molecule has 1 amide bonds. The fourth-order valence-electron chi connectivity index (χ4n) is 5.84. The maximum Gasteiger partial charge on any atom is 0.410 e. The van der Waals surface area contributed by atoms with Gasteiger partial charge in [0.2, 0.25) is 10.0 Å². The van der Waals surface area contributed by atoms with Crippen LogP contribution in [0, 0.1) is 23.7 Å². The van der Waals surface area contributed by atoms with Crippen LogP contribution in [0.25, 0.3) is 0 Å². The Labute approximate surface area is 218 Å². The lowest BCUT2D eigenvalue weighted by molar-refractivity contribution is -0.147. The number of likely N-dealkylation sites (tertiary alicyclic amines) is 1. The van der Waals surface area contributed by atoms with Crippen molar-refractivity contribution in [1.82, 2.24) is 9.21 Å². The summed E-state index contributed by atoms with van der Waals surface area (Å²) in [6.45, 7) is 8.54. The second kappa shape index (κ2) is 9.76. The maximum atomic E-state index is 13.4. The standard InChI is InChI=1S/C27H35N3O6S/c1-18-11-19(14-28)5-6-23(18)20-7-9-30(10-8-20)37(34,35)17-27(24(31)32)12-21-15-29(16-22(21)13-27)25(33)36-26(2,3)4/h5-6,11,20H,7-10,12-13,15-17H2,1-4H3,(H,31,32). The number of nitrogens with zero attached hydrogens (tertiary/aromatic N) is 3. The number of carbonyl (C=O) groups is 2. The van der Waals surface area contributed by atoms with Crippen LogP contribution in [0.15, 0.2) is 29.3 Å². The van der Waals surface area contributed by atoms with Gasteiger partial charge in [-0.3, -0.25) is 4.79 Å². The van der Waals surface area contributed by atoms with Gasteiger partial charge in [-0.2, -0.15) is 5.26 Å². The molecule has 4 rings (SSSR count). The van der Waals surface area contributed by atoms with Gasteiger partial charge in [-0.1, -0.05) is 6.07 Å². The normalized spacial score (nSPS) is 20.6. The molecule has 0 atom stereocenters. The molecule has 10 heteroatoms. The summed E-state index contributed by atoms with van der Waals surface area (Å²) < 4.78 is 33.7. The van der Waals surface area contributed by atoms with Crippen molar-refractivity contribution in [1.29, 1.82) is 5.26 Å². The Morgan fingerprint density at radius 3 is 2.24 bits per heavy atom. The van der Waals surface area contributed by atoms with Gasteiger partial charge in [0.15, 0.2) is 0 Å². The summed E-state index contributed by atoms with van der Waals surface area (Å²) in [4.78, 5) is 26.4. The third-order valence-corrected chi connectivity index (χ3v) is 9.69. The zero-order valence-corrected chi connectivity index (χ0v) is 22.7. The molecule has 0 radical (unpaired) electrons. The summed E-state index contributed by atoms with van der Waals surface area (Å²) in [5.74, 6) is -1.37. The Hall–Kier alpha value is -2.90. The molecule has 1 saturated heterocycles. The maximum absolute atomic E-state index is 13.4. The first kappa shape index (κ1) is 27.1. The highest BCUT2D eigenvalue weighted by Crippen LogP contribution is 2.47. The number of nitriles is 1. The van der Waals surface area contributed by atoms with Crippen LogP contribution in [-0.2, 0) is 19.6 Å². The van der Waals surface area contributed by atoms with Crippen molar-refractivity contribution >= 4 is 22.1 Å². The van der Waals surface area contributed by atoms with Gasteiger partial charge in [-0.05, 0) is 93.7 Å². The Kier molecular flexibility index (Phi) is 7.16. The molecule has 1 N–H and O–H groups in total. The predicted molar refractivity (Wildman–Crippen MR) is 137 cm³/mol. The molecule has 1 fully saturated rings. The van der Waals surface area contributed by atoms with Crippen molar-refractivity contribution in [3.63, 3.8) is 0 Å². The first-order chi connectivity index (χ1) is 17.2. The summed E-state index contributed by atoms with van der Waals surface area (Å²) in [7, 11) is -3.80. The van der Waals surface area contributed by atoms with E-state index in [2.05, 4.69) is 6.07 Å². The Balaban J connectivity index is 1.39. The molecule has 2 heterocycles. The van der Waals surface area contributed by atoms with Crippen LogP contribution in [0.3, 0.4) is 0 Å². The fraction of sp³-hybridized carbons (Fsp3) is 0.593. The third kappa shape index (κ3) is 5.68. The third-order valence-electron chi connectivity index (χ3n) is 7.62. The number of rotatable bonds is 5. The molecule has 37 heavy (non-hydrogen) atoms. The predicted octanol–water partition coefficient (Wildman–Crippen LogP) is 3.79. The number of benzene rings is 1. The minimum Gasteiger partial charge on any atom is -0.481 e. The van der Waals surface area contributed by atoms with Crippen molar-refractivity contribution in [3.8, 4) is 6.07 Å². The van der Waals surface area contributed by atoms with Crippen molar-refractivity contribution in [2.75, 3.05) is 31.9 Å². The van der Waals surface area contributed by atoms with E-state index in [0.29, 0.717) is 31.5 Å². The molecule has 200 valence electrons. The molecule has 0 spiro atoms. The average molecular weight is 530 g/mol. The minimum atomic E-state index is -3.80. The van der Waals surface area contributed by atoms with Crippen LogP contribution in [0.5, 0.6) is 0 Å². The van der Waals surface area contributed by atoms with E-state index in [1.807, 2.05) is 19.1 Å². The number of carboxylic acid groups (broad SMARTS) is 1. The van der Waals surface area contributed by atoms with Crippen LogP contribution < -0.4 is 0 Å². The number of carbonyl (C=O) groups excluding carboxylic acids is 1. The van der Waals surface area contributed by atoms with Crippen LogP contribution in [0.1, 0.15) is 69.1 Å². The molecule has 1 aliphatic carbocycles. The number of aryl methyl sites for hydroxylation is 1. The van der Waals surface area contributed by atoms with Gasteiger partial charge < -0.3 is 14.7 Å². The zero-order valence-electron chi connectivity index (χ0n) is 21.9. The number of ether oxygens (including phenoxy) is 1. The zero-order chi connectivity index (χ0) is 27.2. The van der Waals surface area contributed by atoms with E-state index in [0.717, 1.165) is 22.3 Å². The first-order valence-electron chi connectivity index (χ1n) is 12.6. The molecule has 0 saturated carbocycles.